The molecule has 1 saturated heterocycles. The number of Topliss-reactive ketones (excluding diaryl/α,β-unsaturated/α-hetero) is 1. The Kier molecular flexibility index (Phi) is 4.91. The van der Waals surface area contributed by atoms with Gasteiger partial charge in [0.1, 0.15) is 0 Å². The van der Waals surface area contributed by atoms with E-state index in [1.807, 2.05) is 0 Å². The molecule has 0 saturated carbocycles. The summed E-state index contributed by atoms with van der Waals surface area (Å²) in [6, 6.07) is 4.36. The summed E-state index contributed by atoms with van der Waals surface area (Å²) >= 11 is 0. The third-order valence-electron chi connectivity index (χ3n) is 3.41. The van der Waals surface area contributed by atoms with Crippen LogP contribution in [0.1, 0.15) is 36.5 Å². The van der Waals surface area contributed by atoms with Crippen LogP contribution in [0.3, 0.4) is 0 Å². The zero-order valence-electron chi connectivity index (χ0n) is 11.3. The standard InChI is InChI=1S/C15H20FNO2/c1-12(18)13-5-6-15(14(16)11-13)19-10-4-9-17-7-2-3-8-17/h5-6,11H,2-4,7-10H2,1H3. The summed E-state index contributed by atoms with van der Waals surface area (Å²) in [5, 5.41) is 0. The van der Waals surface area contributed by atoms with Gasteiger partial charge in [0.05, 0.1) is 6.61 Å². The first kappa shape index (κ1) is 14.0. The maximum atomic E-state index is 13.7. The fourth-order valence-electron chi connectivity index (χ4n) is 2.31. The monoisotopic (exact) mass is 265 g/mol. The first-order valence-electron chi connectivity index (χ1n) is 6.82. The van der Waals surface area contributed by atoms with Crippen LogP contribution in [-0.4, -0.2) is 36.9 Å². The predicted octanol–water partition coefficient (Wildman–Crippen LogP) is 2.89. The molecule has 0 bridgehead atoms. The average Bonchev–Trinajstić information content (AvgIpc) is 2.89. The molecule has 0 aromatic heterocycles. The van der Waals surface area contributed by atoms with Crippen LogP contribution in [0.4, 0.5) is 4.39 Å². The van der Waals surface area contributed by atoms with Crippen molar-refractivity contribution in [1.29, 1.82) is 0 Å². The summed E-state index contributed by atoms with van der Waals surface area (Å²) < 4.78 is 19.1. The topological polar surface area (TPSA) is 29.5 Å². The Morgan fingerprint density at radius 3 is 2.74 bits per heavy atom. The minimum absolute atomic E-state index is 0.139. The number of nitrogens with zero attached hydrogens (tertiary/aromatic N) is 1. The SMILES string of the molecule is CC(=O)c1ccc(OCCCN2CCCC2)c(F)c1. The second kappa shape index (κ2) is 6.66. The summed E-state index contributed by atoms with van der Waals surface area (Å²) in [7, 11) is 0. The molecule has 1 aliphatic heterocycles. The lowest BCUT2D eigenvalue weighted by molar-refractivity contribution is 0.101. The van der Waals surface area contributed by atoms with Gasteiger partial charge in [-0.1, -0.05) is 0 Å². The number of rotatable bonds is 6. The van der Waals surface area contributed by atoms with E-state index in [2.05, 4.69) is 4.90 Å². The van der Waals surface area contributed by atoms with Gasteiger partial charge < -0.3 is 9.64 Å². The Hall–Kier alpha value is -1.42. The van der Waals surface area contributed by atoms with Gasteiger partial charge in [-0.05, 0) is 57.5 Å². The number of hydrogen-bond acceptors (Lipinski definition) is 3. The summed E-state index contributed by atoms with van der Waals surface area (Å²) in [6.07, 6.45) is 3.46. The molecule has 0 aliphatic carbocycles. The summed E-state index contributed by atoms with van der Waals surface area (Å²) in [5.74, 6) is -0.375. The van der Waals surface area contributed by atoms with E-state index in [4.69, 9.17) is 4.74 Å². The van der Waals surface area contributed by atoms with Gasteiger partial charge in [0.25, 0.3) is 0 Å². The van der Waals surface area contributed by atoms with Crippen molar-refractivity contribution in [2.75, 3.05) is 26.2 Å². The number of likely N-dealkylation sites (tertiary alicyclic amines) is 1. The molecule has 1 heterocycles. The molecule has 0 atom stereocenters. The number of ketones is 1. The first-order valence-corrected chi connectivity index (χ1v) is 6.82. The van der Waals surface area contributed by atoms with Crippen LogP contribution in [0, 0.1) is 5.82 Å². The molecule has 2 rings (SSSR count). The largest absolute Gasteiger partial charge is 0.490 e. The van der Waals surface area contributed by atoms with Crippen molar-refractivity contribution >= 4 is 5.78 Å². The molecular weight excluding hydrogens is 245 g/mol. The van der Waals surface area contributed by atoms with E-state index in [1.165, 1.54) is 45.0 Å². The third-order valence-corrected chi connectivity index (χ3v) is 3.41. The van der Waals surface area contributed by atoms with Crippen LogP contribution in [0.2, 0.25) is 0 Å². The van der Waals surface area contributed by atoms with Gasteiger partial charge in [-0.25, -0.2) is 4.39 Å². The zero-order valence-corrected chi connectivity index (χ0v) is 11.3. The molecule has 0 spiro atoms. The maximum Gasteiger partial charge on any atom is 0.165 e. The number of ether oxygens (including phenoxy) is 1. The number of halogens is 1. The van der Waals surface area contributed by atoms with Gasteiger partial charge in [0, 0.05) is 12.1 Å². The highest BCUT2D eigenvalue weighted by Crippen LogP contribution is 2.19. The second-order valence-corrected chi connectivity index (χ2v) is 4.95. The highest BCUT2D eigenvalue weighted by atomic mass is 19.1. The fraction of sp³-hybridized carbons (Fsp3) is 0.533. The van der Waals surface area contributed by atoms with E-state index < -0.39 is 5.82 Å². The maximum absolute atomic E-state index is 13.7. The number of carbonyl (C=O) groups excluding carboxylic acids is 1. The Morgan fingerprint density at radius 2 is 2.11 bits per heavy atom. The van der Waals surface area contributed by atoms with Crippen molar-refractivity contribution in [2.24, 2.45) is 0 Å². The molecule has 0 amide bonds. The Balaban J connectivity index is 1.77. The first-order chi connectivity index (χ1) is 9.16. The number of hydrogen-bond donors (Lipinski definition) is 0. The van der Waals surface area contributed by atoms with Crippen LogP contribution >= 0.6 is 0 Å². The second-order valence-electron chi connectivity index (χ2n) is 4.95. The van der Waals surface area contributed by atoms with E-state index in [0.717, 1.165) is 13.0 Å². The van der Waals surface area contributed by atoms with Crippen molar-refractivity contribution in [3.63, 3.8) is 0 Å². The van der Waals surface area contributed by atoms with E-state index in [1.54, 1.807) is 6.07 Å². The lowest BCUT2D eigenvalue weighted by Gasteiger charge is -2.14. The van der Waals surface area contributed by atoms with Gasteiger partial charge in [0.15, 0.2) is 17.3 Å². The van der Waals surface area contributed by atoms with Crippen LogP contribution in [0.5, 0.6) is 5.75 Å². The lowest BCUT2D eigenvalue weighted by atomic mass is 10.1. The lowest BCUT2D eigenvalue weighted by Crippen LogP contribution is -2.22. The van der Waals surface area contributed by atoms with Crippen LogP contribution in [0.25, 0.3) is 0 Å². The molecular formula is C15H20FNO2. The summed E-state index contributed by atoms with van der Waals surface area (Å²) in [4.78, 5) is 13.5. The van der Waals surface area contributed by atoms with Crippen molar-refractivity contribution < 1.29 is 13.9 Å². The van der Waals surface area contributed by atoms with E-state index >= 15 is 0 Å². The van der Waals surface area contributed by atoms with E-state index in [0.29, 0.717) is 12.2 Å². The average molecular weight is 265 g/mol. The van der Waals surface area contributed by atoms with Crippen LogP contribution in [-0.2, 0) is 0 Å². The smallest absolute Gasteiger partial charge is 0.165 e. The predicted molar refractivity (Wildman–Crippen MR) is 72.2 cm³/mol. The normalized spacial score (nSPS) is 15.7. The zero-order chi connectivity index (χ0) is 13.7. The van der Waals surface area contributed by atoms with Crippen molar-refractivity contribution in [3.05, 3.63) is 29.6 Å². The van der Waals surface area contributed by atoms with Gasteiger partial charge in [-0.3, -0.25) is 4.79 Å². The minimum atomic E-state index is -0.464. The van der Waals surface area contributed by atoms with Crippen molar-refractivity contribution in [2.45, 2.75) is 26.2 Å². The van der Waals surface area contributed by atoms with E-state index in [9.17, 15) is 9.18 Å². The van der Waals surface area contributed by atoms with Gasteiger partial charge in [-0.2, -0.15) is 0 Å². The van der Waals surface area contributed by atoms with Crippen LogP contribution < -0.4 is 4.74 Å². The van der Waals surface area contributed by atoms with E-state index in [-0.39, 0.29) is 11.5 Å². The van der Waals surface area contributed by atoms with Gasteiger partial charge in [-0.15, -0.1) is 0 Å². The van der Waals surface area contributed by atoms with Crippen molar-refractivity contribution in [1.82, 2.24) is 4.90 Å². The highest BCUT2D eigenvalue weighted by Gasteiger charge is 2.11. The number of benzene rings is 1. The molecule has 1 fully saturated rings. The molecule has 0 radical (unpaired) electrons. The fourth-order valence-corrected chi connectivity index (χ4v) is 2.31. The Bertz CT molecular complexity index is 442. The Labute approximate surface area is 113 Å². The molecule has 0 N–H and O–H groups in total. The summed E-state index contributed by atoms with van der Waals surface area (Å²) in [5.41, 5.74) is 0.377. The highest BCUT2D eigenvalue weighted by molar-refractivity contribution is 5.94. The molecule has 1 aliphatic rings. The Morgan fingerprint density at radius 1 is 1.37 bits per heavy atom. The minimum Gasteiger partial charge on any atom is -0.490 e. The molecule has 19 heavy (non-hydrogen) atoms. The molecule has 1 aromatic carbocycles. The van der Waals surface area contributed by atoms with Crippen LogP contribution in [0.15, 0.2) is 18.2 Å². The van der Waals surface area contributed by atoms with Gasteiger partial charge in [0.2, 0.25) is 0 Å². The third kappa shape index (κ3) is 4.03. The molecule has 0 unspecified atom stereocenters. The van der Waals surface area contributed by atoms with Crippen molar-refractivity contribution in [3.8, 4) is 5.75 Å². The molecule has 104 valence electrons. The molecule has 1 aromatic rings. The molecule has 4 heteroatoms. The number of carbonyl (C=O) groups is 1. The summed E-state index contributed by atoms with van der Waals surface area (Å²) in [6.45, 7) is 5.27. The quantitative estimate of drug-likeness (QED) is 0.585. The van der Waals surface area contributed by atoms with Gasteiger partial charge >= 0.3 is 0 Å². The molecule has 3 nitrogen and oxygen atoms in total.